The van der Waals surface area contributed by atoms with Gasteiger partial charge in [-0.05, 0) is 43.2 Å². The lowest BCUT2D eigenvalue weighted by Gasteiger charge is -2.10. The van der Waals surface area contributed by atoms with Gasteiger partial charge in [0.1, 0.15) is 5.75 Å². The third-order valence-corrected chi connectivity index (χ3v) is 4.42. The standard InChI is InChI=1S/C19H18N4O2S/c1-13-17(20-8-7-18(13)25-2)12-26(24)19-21-15-6-5-14(11-16(15)22-19)23-9-3-4-10-23/h3-11H,12H2,1-2H3,(H,21,22)/i2D3,5D,6D,7D,8D,11D,12D2/hD. The maximum atomic E-state index is 13.5. The molecule has 0 bridgehead atoms. The number of hydrogen-bond donors (Lipinski definition) is 1. The van der Waals surface area contributed by atoms with Gasteiger partial charge in [-0.2, -0.15) is 4.98 Å². The van der Waals surface area contributed by atoms with E-state index in [1.165, 1.54) is 11.5 Å². The van der Waals surface area contributed by atoms with Crippen LogP contribution in [0.4, 0.5) is 0 Å². The van der Waals surface area contributed by atoms with Crippen LogP contribution in [0.1, 0.15) is 25.0 Å². The summed E-state index contributed by atoms with van der Waals surface area (Å²) in [6, 6.07) is 1.36. The number of H-pyrrole nitrogens is 1. The molecule has 4 rings (SSSR count). The number of nitrogens with one attached hydrogen (secondary N) is 1. The average molecular weight is 378 g/mol. The minimum Gasteiger partial charge on any atom is -0.609 e. The van der Waals surface area contributed by atoms with Gasteiger partial charge in [0, 0.05) is 41.0 Å². The molecule has 0 fully saturated rings. The highest BCUT2D eigenvalue weighted by Gasteiger charge is 2.20. The summed E-state index contributed by atoms with van der Waals surface area (Å²) in [6.07, 6.45) is 2.28. The van der Waals surface area contributed by atoms with Crippen molar-refractivity contribution in [2.45, 2.75) is 17.8 Å². The highest BCUT2D eigenvalue weighted by molar-refractivity contribution is 7.90. The molecule has 4 aromatic rings. The van der Waals surface area contributed by atoms with Crippen molar-refractivity contribution in [2.75, 3.05) is 7.04 Å². The van der Waals surface area contributed by atoms with E-state index in [0.717, 1.165) is 0 Å². The van der Waals surface area contributed by atoms with E-state index in [-0.39, 0.29) is 28.3 Å². The van der Waals surface area contributed by atoms with Gasteiger partial charge in [0.25, 0.3) is 0 Å². The van der Waals surface area contributed by atoms with Crippen molar-refractivity contribution >= 4 is 22.2 Å². The molecule has 6 nitrogen and oxygen atoms in total. The van der Waals surface area contributed by atoms with Crippen LogP contribution in [0.3, 0.4) is 0 Å². The van der Waals surface area contributed by atoms with Gasteiger partial charge in [0.15, 0.2) is 7.12 Å². The third kappa shape index (κ3) is 3.07. The smallest absolute Gasteiger partial charge is 0.322 e. The first kappa shape index (κ1) is 8.28. The van der Waals surface area contributed by atoms with Crippen molar-refractivity contribution in [3.05, 3.63) is 66.1 Å². The lowest BCUT2D eigenvalue weighted by molar-refractivity contribution is 0.410. The van der Waals surface area contributed by atoms with Gasteiger partial charge in [0.2, 0.25) is 0 Å². The topological polar surface area (TPSA) is 78.8 Å². The molecule has 3 heterocycles. The highest BCUT2D eigenvalue weighted by Crippen LogP contribution is 2.24. The minimum absolute atomic E-state index is 0.00482. The molecule has 0 aliphatic carbocycles. The van der Waals surface area contributed by atoms with E-state index in [1.807, 2.05) is 0 Å². The lowest BCUT2D eigenvalue weighted by atomic mass is 10.2. The Balaban J connectivity index is 1.90. The quantitative estimate of drug-likeness (QED) is 0.541. The fourth-order valence-electron chi connectivity index (χ4n) is 2.21. The molecule has 26 heavy (non-hydrogen) atoms. The van der Waals surface area contributed by atoms with E-state index in [4.69, 9.17) is 19.9 Å². The molecule has 1 aromatic carbocycles. The monoisotopic (exact) mass is 377 g/mol. The van der Waals surface area contributed by atoms with E-state index in [9.17, 15) is 4.55 Å². The Kier molecular flexibility index (Phi) is 2.18. The van der Waals surface area contributed by atoms with Crippen molar-refractivity contribution in [2.24, 2.45) is 0 Å². The molecule has 0 radical (unpaired) electrons. The molecule has 0 aliphatic rings. The number of nitrogens with zero attached hydrogens (tertiary/aromatic N) is 3. The van der Waals surface area contributed by atoms with Crippen LogP contribution >= 0.6 is 0 Å². The van der Waals surface area contributed by atoms with E-state index in [1.54, 1.807) is 24.5 Å². The van der Waals surface area contributed by atoms with Gasteiger partial charge < -0.3 is 13.9 Å². The van der Waals surface area contributed by atoms with Crippen LogP contribution in [-0.4, -0.2) is 31.1 Å². The fourth-order valence-corrected chi connectivity index (χ4v) is 3.02. The maximum absolute atomic E-state index is 13.5. The summed E-state index contributed by atoms with van der Waals surface area (Å²) in [7, 11) is -3.02. The third-order valence-electron chi connectivity index (χ3n) is 3.53. The van der Waals surface area contributed by atoms with Crippen LogP contribution in [0.2, 0.25) is 1.41 Å². The zero-order valence-electron chi connectivity index (χ0n) is 24.3. The molecule has 0 aliphatic heterocycles. The molecule has 0 spiro atoms. The first-order valence-corrected chi connectivity index (χ1v) is 8.46. The molecule has 0 saturated carbocycles. The molecule has 0 saturated heterocycles. The Bertz CT molecular complexity index is 1520. The number of fused-ring (bicyclic) bond motifs is 1. The number of ether oxygens (including phenoxy) is 1. The van der Waals surface area contributed by atoms with Crippen molar-refractivity contribution in [1.29, 1.82) is 0 Å². The van der Waals surface area contributed by atoms with Crippen molar-refractivity contribution < 1.29 is 24.4 Å². The number of hydrogen-bond acceptors (Lipinski definition) is 4. The second kappa shape index (κ2) is 6.86. The summed E-state index contributed by atoms with van der Waals surface area (Å²) in [5, 5.41) is -0.702. The SMILES string of the molecule is [2H]c1nc(C([2H])([2H])[S+]([O-])c2nc3c([2H])c(-n4cccc4)c([2H])c([2H])c3n2[2H])c(C)c(OC([2H])([2H])[2H])c1[2H]. The summed E-state index contributed by atoms with van der Waals surface area (Å²) < 4.78 is 108. The molecule has 132 valence electrons. The van der Waals surface area contributed by atoms with Crippen molar-refractivity contribution in [3.8, 4) is 11.4 Å². The molecular weight excluding hydrogens is 348 g/mol. The largest absolute Gasteiger partial charge is 0.609 e. The van der Waals surface area contributed by atoms with Crippen molar-refractivity contribution in [3.63, 3.8) is 0 Å². The van der Waals surface area contributed by atoms with Crippen LogP contribution in [-0.2, 0) is 16.9 Å². The Hall–Kier alpha value is -2.77. The number of rotatable bonds is 5. The Morgan fingerprint density at radius 1 is 1.42 bits per heavy atom. The highest BCUT2D eigenvalue weighted by atomic mass is 32.2. The second-order valence-electron chi connectivity index (χ2n) is 5.14. The zero-order valence-corrected chi connectivity index (χ0v) is 14.1. The number of aromatic amines is 1. The van der Waals surface area contributed by atoms with Gasteiger partial charge in [-0.15, -0.1) is 0 Å². The van der Waals surface area contributed by atoms with E-state index < -0.39 is 64.8 Å². The fraction of sp³-hybridized carbons (Fsp3) is 0.158. The summed E-state index contributed by atoms with van der Waals surface area (Å²) in [6.45, 7) is 1.19. The van der Waals surface area contributed by atoms with Gasteiger partial charge in [-0.1, -0.05) is 0 Å². The molecule has 1 N–H and O–H groups in total. The Morgan fingerprint density at radius 3 is 3.08 bits per heavy atom. The Labute approximate surface area is 169 Å². The number of pyridine rings is 1. The van der Waals surface area contributed by atoms with Gasteiger partial charge in [-0.3, -0.25) is 9.96 Å². The van der Waals surface area contributed by atoms with Crippen LogP contribution in [0.25, 0.3) is 16.7 Å². The lowest BCUT2D eigenvalue weighted by Crippen LogP contribution is -2.10. The summed E-state index contributed by atoms with van der Waals surface area (Å²) in [4.78, 5) is 8.14. The van der Waals surface area contributed by atoms with Gasteiger partial charge >= 0.3 is 5.16 Å². The second-order valence-corrected chi connectivity index (χ2v) is 6.25. The number of benzene rings is 1. The number of imidazole rings is 1. The first-order chi connectivity index (χ1) is 17.1. The summed E-state index contributed by atoms with van der Waals surface area (Å²) in [5.74, 6) is -0.632. The molecule has 0 amide bonds. The Morgan fingerprint density at radius 2 is 2.27 bits per heavy atom. The summed E-state index contributed by atoms with van der Waals surface area (Å²) in [5.41, 5.74) is -4.51. The van der Waals surface area contributed by atoms with Crippen molar-refractivity contribution in [1.82, 2.24) is 19.5 Å². The molecular formula is C19H18N4O2S. The molecule has 1 atom stereocenters. The van der Waals surface area contributed by atoms with Gasteiger partial charge in [0.05, 0.1) is 37.5 Å². The van der Waals surface area contributed by atoms with Gasteiger partial charge in [-0.25, -0.2) is 0 Å². The van der Waals surface area contributed by atoms with E-state index in [0.29, 0.717) is 4.98 Å². The van der Waals surface area contributed by atoms with E-state index >= 15 is 0 Å². The zero-order chi connectivity index (χ0) is 27.6. The van der Waals surface area contributed by atoms with Crippen LogP contribution in [0.5, 0.6) is 5.75 Å². The predicted octanol–water partition coefficient (Wildman–Crippen LogP) is 3.37. The molecule has 3 aromatic heterocycles. The summed E-state index contributed by atoms with van der Waals surface area (Å²) >= 11 is -2.85. The van der Waals surface area contributed by atoms with E-state index in [2.05, 4.69) is 9.97 Å². The molecule has 7 heteroatoms. The van der Waals surface area contributed by atoms with Crippen LogP contribution < -0.4 is 4.74 Å². The molecule has 1 unspecified atom stereocenters. The minimum atomic E-state index is -3.02. The van der Waals surface area contributed by atoms with Crippen LogP contribution in [0, 0.1) is 6.92 Å². The number of aromatic nitrogens is 4. The maximum Gasteiger partial charge on any atom is 0.322 e. The average Bonchev–Trinajstić information content (AvgIpc) is 3.45. The number of methoxy groups -OCH3 is 1. The normalized spacial score (nSPS) is 19.5. The van der Waals surface area contributed by atoms with Crippen LogP contribution in [0.15, 0.2) is 60.0 Å². The predicted molar refractivity (Wildman–Crippen MR) is 101 cm³/mol. The first-order valence-electron chi connectivity index (χ1n) is 12.8.